The Kier molecular flexibility index (Phi) is 4.20. The SMILES string of the molecule is O=C(NC1CCN(c2ccccc2F)CC1)C1C=CCN1. The molecule has 4 nitrogen and oxygen atoms in total. The van der Waals surface area contributed by atoms with E-state index >= 15 is 0 Å². The molecule has 5 heteroatoms. The molecule has 1 amide bonds. The third-order valence-corrected chi connectivity index (χ3v) is 4.10. The molecule has 0 bridgehead atoms. The lowest BCUT2D eigenvalue weighted by Gasteiger charge is -2.34. The van der Waals surface area contributed by atoms with E-state index in [1.54, 1.807) is 6.07 Å². The summed E-state index contributed by atoms with van der Waals surface area (Å²) in [6.07, 6.45) is 5.54. The molecule has 2 N–H and O–H groups in total. The highest BCUT2D eigenvalue weighted by Gasteiger charge is 2.25. The standard InChI is InChI=1S/C16H20FN3O/c17-13-4-1-2-6-15(13)20-10-7-12(8-11-20)19-16(21)14-5-3-9-18-14/h1-6,12,14,18H,7-11H2,(H,19,21). The van der Waals surface area contributed by atoms with Crippen molar-refractivity contribution in [1.29, 1.82) is 0 Å². The molecule has 0 aliphatic carbocycles. The predicted octanol–water partition coefficient (Wildman–Crippen LogP) is 1.44. The Morgan fingerprint density at radius 3 is 2.71 bits per heavy atom. The third-order valence-electron chi connectivity index (χ3n) is 4.10. The summed E-state index contributed by atoms with van der Waals surface area (Å²) in [6.45, 7) is 2.28. The average Bonchev–Trinajstić information content (AvgIpc) is 3.03. The molecule has 2 aliphatic heterocycles. The Morgan fingerprint density at radius 2 is 2.05 bits per heavy atom. The molecule has 112 valence electrons. The fourth-order valence-electron chi connectivity index (χ4n) is 2.91. The van der Waals surface area contributed by atoms with Crippen LogP contribution in [0.25, 0.3) is 0 Å². The smallest absolute Gasteiger partial charge is 0.241 e. The van der Waals surface area contributed by atoms with Crippen LogP contribution in [0.15, 0.2) is 36.4 Å². The molecule has 1 atom stereocenters. The zero-order chi connectivity index (χ0) is 14.7. The molecule has 2 heterocycles. The summed E-state index contributed by atoms with van der Waals surface area (Å²) in [4.78, 5) is 14.1. The van der Waals surface area contributed by atoms with E-state index in [1.807, 2.05) is 29.2 Å². The van der Waals surface area contributed by atoms with Crippen LogP contribution < -0.4 is 15.5 Å². The van der Waals surface area contributed by atoms with Gasteiger partial charge in [-0.1, -0.05) is 24.3 Å². The minimum atomic E-state index is -0.199. The summed E-state index contributed by atoms with van der Waals surface area (Å²) in [5.41, 5.74) is 0.655. The summed E-state index contributed by atoms with van der Waals surface area (Å²) in [5, 5.41) is 6.18. The van der Waals surface area contributed by atoms with E-state index in [0.717, 1.165) is 32.5 Å². The molecule has 0 saturated carbocycles. The van der Waals surface area contributed by atoms with Gasteiger partial charge in [0.15, 0.2) is 0 Å². The fourth-order valence-corrected chi connectivity index (χ4v) is 2.91. The maximum Gasteiger partial charge on any atom is 0.241 e. The van der Waals surface area contributed by atoms with Crippen molar-refractivity contribution < 1.29 is 9.18 Å². The topological polar surface area (TPSA) is 44.4 Å². The van der Waals surface area contributed by atoms with Crippen LogP contribution in [0.4, 0.5) is 10.1 Å². The number of nitrogens with one attached hydrogen (secondary N) is 2. The molecule has 1 unspecified atom stereocenters. The number of piperidine rings is 1. The zero-order valence-corrected chi connectivity index (χ0v) is 11.9. The molecular formula is C16H20FN3O. The van der Waals surface area contributed by atoms with Gasteiger partial charge >= 0.3 is 0 Å². The van der Waals surface area contributed by atoms with E-state index in [0.29, 0.717) is 5.69 Å². The molecule has 0 radical (unpaired) electrons. The molecule has 0 spiro atoms. The Hall–Kier alpha value is -1.88. The quantitative estimate of drug-likeness (QED) is 0.828. The molecule has 1 aromatic rings. The first-order valence-corrected chi connectivity index (χ1v) is 7.44. The number of halogens is 1. The van der Waals surface area contributed by atoms with Crippen molar-refractivity contribution in [2.45, 2.75) is 24.9 Å². The Morgan fingerprint density at radius 1 is 1.29 bits per heavy atom. The molecule has 3 rings (SSSR count). The number of nitrogens with zero attached hydrogens (tertiary/aromatic N) is 1. The van der Waals surface area contributed by atoms with E-state index in [9.17, 15) is 9.18 Å². The molecule has 1 fully saturated rings. The number of rotatable bonds is 3. The minimum absolute atomic E-state index is 0.0353. The number of carbonyl (C=O) groups is 1. The monoisotopic (exact) mass is 289 g/mol. The molecule has 21 heavy (non-hydrogen) atoms. The summed E-state index contributed by atoms with van der Waals surface area (Å²) in [5.74, 6) is -0.145. The van der Waals surface area contributed by atoms with Crippen LogP contribution in [-0.2, 0) is 4.79 Å². The number of anilines is 1. The summed E-state index contributed by atoms with van der Waals surface area (Å²) in [7, 11) is 0. The van der Waals surface area contributed by atoms with Gasteiger partial charge in [-0.05, 0) is 25.0 Å². The van der Waals surface area contributed by atoms with Crippen LogP contribution in [-0.4, -0.2) is 37.6 Å². The normalized spacial score (nSPS) is 22.5. The molecular weight excluding hydrogens is 269 g/mol. The van der Waals surface area contributed by atoms with Gasteiger partial charge in [-0.15, -0.1) is 0 Å². The average molecular weight is 289 g/mol. The summed E-state index contributed by atoms with van der Waals surface area (Å²) < 4.78 is 13.8. The largest absolute Gasteiger partial charge is 0.369 e. The first-order valence-electron chi connectivity index (χ1n) is 7.44. The number of hydrogen-bond acceptors (Lipinski definition) is 3. The second-order valence-electron chi connectivity index (χ2n) is 5.54. The number of carbonyl (C=O) groups excluding carboxylic acids is 1. The van der Waals surface area contributed by atoms with Gasteiger partial charge in [0.05, 0.1) is 5.69 Å². The van der Waals surface area contributed by atoms with E-state index in [-0.39, 0.29) is 23.8 Å². The van der Waals surface area contributed by atoms with Gasteiger partial charge in [-0.2, -0.15) is 0 Å². The predicted molar refractivity (Wildman–Crippen MR) is 80.7 cm³/mol. The number of hydrogen-bond donors (Lipinski definition) is 2. The summed E-state index contributed by atoms with van der Waals surface area (Å²) in [6, 6.07) is 6.83. The zero-order valence-electron chi connectivity index (χ0n) is 11.9. The first kappa shape index (κ1) is 14.1. The summed E-state index contributed by atoms with van der Waals surface area (Å²) >= 11 is 0. The fraction of sp³-hybridized carbons (Fsp3) is 0.438. The van der Waals surface area contributed by atoms with Gasteiger partial charge in [0.25, 0.3) is 0 Å². The van der Waals surface area contributed by atoms with Crippen LogP contribution in [0.2, 0.25) is 0 Å². The third kappa shape index (κ3) is 3.24. The molecule has 1 aromatic carbocycles. The van der Waals surface area contributed by atoms with E-state index in [1.165, 1.54) is 6.07 Å². The van der Waals surface area contributed by atoms with Crippen molar-refractivity contribution in [3.05, 3.63) is 42.2 Å². The minimum Gasteiger partial charge on any atom is -0.369 e. The van der Waals surface area contributed by atoms with Gasteiger partial charge in [-0.25, -0.2) is 4.39 Å². The second kappa shape index (κ2) is 6.26. The second-order valence-corrected chi connectivity index (χ2v) is 5.54. The lowest BCUT2D eigenvalue weighted by molar-refractivity contribution is -0.122. The van der Waals surface area contributed by atoms with Crippen molar-refractivity contribution in [2.75, 3.05) is 24.5 Å². The molecule has 1 saturated heterocycles. The van der Waals surface area contributed by atoms with Gasteiger partial charge in [-0.3, -0.25) is 10.1 Å². The Balaban J connectivity index is 1.52. The van der Waals surface area contributed by atoms with Crippen molar-refractivity contribution in [2.24, 2.45) is 0 Å². The van der Waals surface area contributed by atoms with E-state index in [2.05, 4.69) is 10.6 Å². The maximum atomic E-state index is 13.8. The highest BCUT2D eigenvalue weighted by atomic mass is 19.1. The highest BCUT2D eigenvalue weighted by Crippen LogP contribution is 2.22. The van der Waals surface area contributed by atoms with Gasteiger partial charge in [0.1, 0.15) is 11.9 Å². The molecule has 0 aromatic heterocycles. The highest BCUT2D eigenvalue weighted by molar-refractivity contribution is 5.84. The van der Waals surface area contributed by atoms with Crippen LogP contribution in [0.1, 0.15) is 12.8 Å². The van der Waals surface area contributed by atoms with E-state index in [4.69, 9.17) is 0 Å². The number of benzene rings is 1. The Labute approximate surface area is 124 Å². The van der Waals surface area contributed by atoms with Crippen molar-refractivity contribution >= 4 is 11.6 Å². The lowest BCUT2D eigenvalue weighted by atomic mass is 10.0. The van der Waals surface area contributed by atoms with Crippen LogP contribution in [0.3, 0.4) is 0 Å². The van der Waals surface area contributed by atoms with Gasteiger partial charge in [0, 0.05) is 25.7 Å². The van der Waals surface area contributed by atoms with Crippen LogP contribution in [0, 0.1) is 5.82 Å². The van der Waals surface area contributed by atoms with Crippen molar-refractivity contribution in [3.8, 4) is 0 Å². The van der Waals surface area contributed by atoms with E-state index < -0.39 is 0 Å². The lowest BCUT2D eigenvalue weighted by Crippen LogP contribution is -2.49. The van der Waals surface area contributed by atoms with Crippen molar-refractivity contribution in [1.82, 2.24) is 10.6 Å². The van der Waals surface area contributed by atoms with Crippen LogP contribution in [0.5, 0.6) is 0 Å². The number of para-hydroxylation sites is 1. The first-order chi connectivity index (χ1) is 10.2. The number of amides is 1. The maximum absolute atomic E-state index is 13.8. The Bertz CT molecular complexity index is 538. The van der Waals surface area contributed by atoms with Gasteiger partial charge < -0.3 is 10.2 Å². The van der Waals surface area contributed by atoms with Crippen molar-refractivity contribution in [3.63, 3.8) is 0 Å². The van der Waals surface area contributed by atoms with Crippen LogP contribution >= 0.6 is 0 Å². The molecule has 2 aliphatic rings. The van der Waals surface area contributed by atoms with Gasteiger partial charge in [0.2, 0.25) is 5.91 Å².